The second-order valence-electron chi connectivity index (χ2n) is 17.4. The van der Waals surface area contributed by atoms with Crippen LogP contribution < -0.4 is 0 Å². The number of esters is 3. The number of ether oxygens (including phenoxy) is 3. The third-order valence-electron chi connectivity index (χ3n) is 11.5. The number of allylic oxidation sites excluding steroid dienone is 4. The Hall–Kier alpha value is -2.11. The van der Waals surface area contributed by atoms with E-state index in [1.54, 1.807) is 0 Å². The van der Waals surface area contributed by atoms with Gasteiger partial charge in [-0.05, 0) is 38.5 Å². The molecule has 0 saturated heterocycles. The number of hydrogen-bond donors (Lipinski definition) is 0. The molecule has 0 fully saturated rings. The number of hydrogen-bond acceptors (Lipinski definition) is 6. The van der Waals surface area contributed by atoms with E-state index in [0.29, 0.717) is 19.3 Å². The van der Waals surface area contributed by atoms with Crippen LogP contribution >= 0.6 is 0 Å². The summed E-state index contributed by atoms with van der Waals surface area (Å²) in [6.07, 6.45) is 54.7. The molecule has 0 radical (unpaired) electrons. The first-order chi connectivity index (χ1) is 29.0. The summed E-state index contributed by atoms with van der Waals surface area (Å²) in [6, 6.07) is 0. The molecular weight excluding hydrogens is 733 g/mol. The molecule has 0 aliphatic carbocycles. The van der Waals surface area contributed by atoms with E-state index >= 15 is 0 Å². The lowest BCUT2D eigenvalue weighted by Gasteiger charge is -2.18. The SMILES string of the molecule is CCCCCCCC/C=C\C/C=C\CCC(=O)OC(COC(=O)CCCCCCCCCCCC)COC(=O)CCCCCCCCCCCCCCCCCCCC. The van der Waals surface area contributed by atoms with Gasteiger partial charge in [-0.2, -0.15) is 0 Å². The van der Waals surface area contributed by atoms with Crippen molar-refractivity contribution in [3.63, 3.8) is 0 Å². The van der Waals surface area contributed by atoms with E-state index in [-0.39, 0.29) is 37.5 Å². The van der Waals surface area contributed by atoms with E-state index in [2.05, 4.69) is 39.0 Å². The van der Waals surface area contributed by atoms with Gasteiger partial charge in [-0.1, -0.05) is 244 Å². The first-order valence-electron chi connectivity index (χ1n) is 25.8. The van der Waals surface area contributed by atoms with Gasteiger partial charge in [0.2, 0.25) is 0 Å². The molecule has 0 rings (SSSR count). The third-order valence-corrected chi connectivity index (χ3v) is 11.5. The van der Waals surface area contributed by atoms with Crippen molar-refractivity contribution in [2.75, 3.05) is 13.2 Å². The van der Waals surface area contributed by atoms with Crippen LogP contribution in [-0.2, 0) is 28.6 Å². The average Bonchev–Trinajstić information content (AvgIpc) is 3.23. The quantitative estimate of drug-likeness (QED) is 0.0263. The van der Waals surface area contributed by atoms with Crippen molar-refractivity contribution in [2.45, 2.75) is 284 Å². The van der Waals surface area contributed by atoms with Crippen molar-refractivity contribution >= 4 is 17.9 Å². The largest absolute Gasteiger partial charge is 0.462 e. The predicted octanol–water partition coefficient (Wildman–Crippen LogP) is 16.8. The normalized spacial score (nSPS) is 12.1. The van der Waals surface area contributed by atoms with Gasteiger partial charge in [0.1, 0.15) is 13.2 Å². The number of rotatable bonds is 47. The van der Waals surface area contributed by atoms with Crippen molar-refractivity contribution in [3.05, 3.63) is 24.3 Å². The fourth-order valence-electron chi connectivity index (χ4n) is 7.56. The maximum Gasteiger partial charge on any atom is 0.306 e. The van der Waals surface area contributed by atoms with Crippen molar-refractivity contribution in [1.82, 2.24) is 0 Å². The number of carbonyl (C=O) groups is 3. The van der Waals surface area contributed by atoms with Crippen LogP contribution in [0.2, 0.25) is 0 Å². The topological polar surface area (TPSA) is 78.9 Å². The molecule has 0 aromatic heterocycles. The van der Waals surface area contributed by atoms with Crippen LogP contribution in [0.4, 0.5) is 0 Å². The summed E-state index contributed by atoms with van der Waals surface area (Å²) in [5, 5.41) is 0. The molecule has 6 heteroatoms. The highest BCUT2D eigenvalue weighted by atomic mass is 16.6. The molecule has 0 N–H and O–H groups in total. The molecule has 59 heavy (non-hydrogen) atoms. The summed E-state index contributed by atoms with van der Waals surface area (Å²) in [5.41, 5.74) is 0. The lowest BCUT2D eigenvalue weighted by molar-refractivity contribution is -0.166. The van der Waals surface area contributed by atoms with Crippen LogP contribution in [0.5, 0.6) is 0 Å². The molecule has 1 unspecified atom stereocenters. The molecule has 0 aliphatic rings. The molecule has 0 aromatic carbocycles. The third kappa shape index (κ3) is 46.8. The first kappa shape index (κ1) is 56.9. The maximum atomic E-state index is 12.7. The summed E-state index contributed by atoms with van der Waals surface area (Å²) in [7, 11) is 0. The number of unbranched alkanes of at least 4 members (excludes halogenated alkanes) is 32. The minimum absolute atomic E-state index is 0.0889. The predicted molar refractivity (Wildman–Crippen MR) is 252 cm³/mol. The van der Waals surface area contributed by atoms with E-state index in [1.807, 2.05) is 6.08 Å². The van der Waals surface area contributed by atoms with Gasteiger partial charge in [0.15, 0.2) is 6.10 Å². The van der Waals surface area contributed by atoms with Gasteiger partial charge in [0, 0.05) is 19.3 Å². The van der Waals surface area contributed by atoms with E-state index in [0.717, 1.165) is 51.4 Å². The Morgan fingerprint density at radius 2 is 0.644 bits per heavy atom. The van der Waals surface area contributed by atoms with E-state index in [1.165, 1.54) is 180 Å². The average molecular weight is 831 g/mol. The smallest absolute Gasteiger partial charge is 0.306 e. The minimum Gasteiger partial charge on any atom is -0.462 e. The molecule has 0 spiro atoms. The summed E-state index contributed by atoms with van der Waals surface area (Å²) in [5.74, 6) is -0.946. The molecule has 0 amide bonds. The highest BCUT2D eigenvalue weighted by Crippen LogP contribution is 2.16. The Morgan fingerprint density at radius 1 is 0.339 bits per heavy atom. The molecule has 0 saturated carbocycles. The molecular formula is C53H98O6. The summed E-state index contributed by atoms with van der Waals surface area (Å²) in [4.78, 5) is 37.8. The molecule has 0 bridgehead atoms. The fourth-order valence-corrected chi connectivity index (χ4v) is 7.56. The Bertz CT molecular complexity index is 958. The zero-order chi connectivity index (χ0) is 43.0. The van der Waals surface area contributed by atoms with Crippen LogP contribution in [0, 0.1) is 0 Å². The van der Waals surface area contributed by atoms with Crippen LogP contribution in [-0.4, -0.2) is 37.2 Å². The molecule has 346 valence electrons. The zero-order valence-electron chi connectivity index (χ0n) is 39.5. The maximum absolute atomic E-state index is 12.7. The lowest BCUT2D eigenvalue weighted by atomic mass is 10.0. The van der Waals surface area contributed by atoms with Gasteiger partial charge in [-0.25, -0.2) is 0 Å². The first-order valence-corrected chi connectivity index (χ1v) is 25.8. The van der Waals surface area contributed by atoms with Crippen molar-refractivity contribution < 1.29 is 28.6 Å². The van der Waals surface area contributed by atoms with Crippen LogP contribution in [0.15, 0.2) is 24.3 Å². The molecule has 1 atom stereocenters. The standard InChI is InChI=1S/C53H98O6/c1-4-7-10-13-16-19-22-24-25-26-27-28-30-31-34-37-40-43-46-52(55)58-49-50(48-57-51(54)45-42-39-36-33-21-18-15-12-9-6-3)59-53(56)47-44-41-38-35-32-29-23-20-17-14-11-8-5-2/h29,32,38,41,50H,4-28,30-31,33-37,39-40,42-49H2,1-3H3/b32-29-,41-38-. The Labute approximate surface area is 366 Å². The minimum atomic E-state index is -0.794. The second kappa shape index (κ2) is 48.6. The van der Waals surface area contributed by atoms with Gasteiger partial charge >= 0.3 is 17.9 Å². The van der Waals surface area contributed by atoms with Gasteiger partial charge in [0.25, 0.3) is 0 Å². The highest BCUT2D eigenvalue weighted by molar-refractivity contribution is 5.71. The van der Waals surface area contributed by atoms with Crippen LogP contribution in [0.1, 0.15) is 278 Å². The zero-order valence-corrected chi connectivity index (χ0v) is 39.5. The summed E-state index contributed by atoms with van der Waals surface area (Å²) < 4.78 is 16.7. The van der Waals surface area contributed by atoms with Crippen molar-refractivity contribution in [1.29, 1.82) is 0 Å². The fraction of sp³-hybridized carbons (Fsp3) is 0.868. The molecule has 0 heterocycles. The second-order valence-corrected chi connectivity index (χ2v) is 17.4. The van der Waals surface area contributed by atoms with Crippen molar-refractivity contribution in [3.8, 4) is 0 Å². The molecule has 0 aromatic rings. The summed E-state index contributed by atoms with van der Waals surface area (Å²) in [6.45, 7) is 6.60. The van der Waals surface area contributed by atoms with E-state index in [9.17, 15) is 14.4 Å². The molecule has 0 aliphatic heterocycles. The van der Waals surface area contributed by atoms with E-state index < -0.39 is 6.10 Å². The highest BCUT2D eigenvalue weighted by Gasteiger charge is 2.19. The van der Waals surface area contributed by atoms with Gasteiger partial charge in [-0.15, -0.1) is 0 Å². The Morgan fingerprint density at radius 3 is 1.00 bits per heavy atom. The Balaban J connectivity index is 4.32. The van der Waals surface area contributed by atoms with Gasteiger partial charge < -0.3 is 14.2 Å². The van der Waals surface area contributed by atoms with Crippen LogP contribution in [0.3, 0.4) is 0 Å². The van der Waals surface area contributed by atoms with Gasteiger partial charge in [0.05, 0.1) is 0 Å². The Kier molecular flexibility index (Phi) is 46.8. The number of carbonyl (C=O) groups excluding carboxylic acids is 3. The van der Waals surface area contributed by atoms with Gasteiger partial charge in [-0.3, -0.25) is 14.4 Å². The summed E-state index contributed by atoms with van der Waals surface area (Å²) >= 11 is 0. The van der Waals surface area contributed by atoms with Crippen molar-refractivity contribution in [2.24, 2.45) is 0 Å². The lowest BCUT2D eigenvalue weighted by Crippen LogP contribution is -2.30. The van der Waals surface area contributed by atoms with Crippen LogP contribution in [0.25, 0.3) is 0 Å². The monoisotopic (exact) mass is 831 g/mol. The molecule has 6 nitrogen and oxygen atoms in total. The van der Waals surface area contributed by atoms with E-state index in [4.69, 9.17) is 14.2 Å².